The Labute approximate surface area is 108 Å². The van der Waals surface area contributed by atoms with E-state index < -0.39 is 0 Å². The molecule has 1 N–H and O–H groups in total. The molecule has 1 saturated carbocycles. The molecule has 0 unspecified atom stereocenters. The van der Waals surface area contributed by atoms with Crippen LogP contribution in [0.15, 0.2) is 0 Å². The first kappa shape index (κ1) is 13.1. The number of rotatable bonds is 4. The van der Waals surface area contributed by atoms with Gasteiger partial charge in [-0.05, 0) is 18.8 Å². The number of hydrogen-bond acceptors (Lipinski definition) is 3. The van der Waals surface area contributed by atoms with E-state index in [1.165, 1.54) is 25.7 Å². The SMILES string of the molecule is CC(C)c1nc(C(=O)N(C)CC2CCCC2)n[nH]1. The van der Waals surface area contributed by atoms with Gasteiger partial charge < -0.3 is 4.90 Å². The molecule has 1 amide bonds. The third-order valence-corrected chi connectivity index (χ3v) is 3.59. The highest BCUT2D eigenvalue weighted by atomic mass is 16.2. The van der Waals surface area contributed by atoms with Gasteiger partial charge in [-0.25, -0.2) is 4.98 Å². The average molecular weight is 250 g/mol. The Kier molecular flexibility index (Phi) is 3.99. The van der Waals surface area contributed by atoms with E-state index in [-0.39, 0.29) is 11.8 Å². The molecular weight excluding hydrogens is 228 g/mol. The second-order valence-electron chi connectivity index (χ2n) is 5.54. The molecule has 1 aromatic rings. The fourth-order valence-corrected chi connectivity index (χ4v) is 2.46. The molecule has 0 atom stereocenters. The number of nitrogens with zero attached hydrogens (tertiary/aromatic N) is 3. The predicted molar refractivity (Wildman–Crippen MR) is 69.4 cm³/mol. The fourth-order valence-electron chi connectivity index (χ4n) is 2.46. The summed E-state index contributed by atoms with van der Waals surface area (Å²) in [6, 6.07) is 0. The molecule has 0 spiro atoms. The zero-order valence-electron chi connectivity index (χ0n) is 11.4. The van der Waals surface area contributed by atoms with Crippen molar-refractivity contribution < 1.29 is 4.79 Å². The van der Waals surface area contributed by atoms with Gasteiger partial charge in [0.05, 0.1) is 0 Å². The van der Waals surface area contributed by atoms with Gasteiger partial charge in [0.25, 0.3) is 5.91 Å². The predicted octanol–water partition coefficient (Wildman–Crippen LogP) is 2.19. The molecular formula is C13H22N4O. The first-order valence-corrected chi connectivity index (χ1v) is 6.75. The first-order chi connectivity index (χ1) is 8.58. The van der Waals surface area contributed by atoms with E-state index in [9.17, 15) is 4.79 Å². The number of aromatic amines is 1. The average Bonchev–Trinajstić information content (AvgIpc) is 2.98. The topological polar surface area (TPSA) is 61.9 Å². The lowest BCUT2D eigenvalue weighted by Gasteiger charge is -2.19. The molecule has 1 aromatic heterocycles. The monoisotopic (exact) mass is 250 g/mol. The first-order valence-electron chi connectivity index (χ1n) is 6.75. The minimum atomic E-state index is -0.0787. The molecule has 1 fully saturated rings. The summed E-state index contributed by atoms with van der Waals surface area (Å²) in [5.74, 6) is 1.90. The van der Waals surface area contributed by atoms with Gasteiger partial charge in [0.15, 0.2) is 0 Å². The molecule has 1 aliphatic carbocycles. The van der Waals surface area contributed by atoms with Crippen molar-refractivity contribution in [2.45, 2.75) is 45.4 Å². The van der Waals surface area contributed by atoms with Crippen molar-refractivity contribution in [3.05, 3.63) is 11.6 Å². The van der Waals surface area contributed by atoms with E-state index in [1.807, 2.05) is 20.9 Å². The molecule has 1 aliphatic rings. The van der Waals surface area contributed by atoms with E-state index in [0.29, 0.717) is 11.7 Å². The van der Waals surface area contributed by atoms with Crippen molar-refractivity contribution in [1.82, 2.24) is 20.1 Å². The highest BCUT2D eigenvalue weighted by molar-refractivity contribution is 5.90. The molecule has 0 aliphatic heterocycles. The molecule has 0 radical (unpaired) electrons. The van der Waals surface area contributed by atoms with Crippen molar-refractivity contribution in [1.29, 1.82) is 0 Å². The molecule has 0 saturated heterocycles. The highest BCUT2D eigenvalue weighted by Crippen LogP contribution is 2.25. The van der Waals surface area contributed by atoms with Crippen molar-refractivity contribution in [3.8, 4) is 0 Å². The van der Waals surface area contributed by atoms with E-state index in [2.05, 4.69) is 15.2 Å². The summed E-state index contributed by atoms with van der Waals surface area (Å²) >= 11 is 0. The van der Waals surface area contributed by atoms with Crippen LogP contribution in [0.25, 0.3) is 0 Å². The smallest absolute Gasteiger partial charge is 0.293 e. The number of amides is 1. The standard InChI is InChI=1S/C13H22N4O/c1-9(2)11-14-12(16-15-11)13(18)17(3)8-10-6-4-5-7-10/h9-10H,4-8H2,1-3H3,(H,14,15,16). The lowest BCUT2D eigenvalue weighted by atomic mass is 10.1. The quantitative estimate of drug-likeness (QED) is 0.891. The van der Waals surface area contributed by atoms with Gasteiger partial charge in [0.2, 0.25) is 5.82 Å². The van der Waals surface area contributed by atoms with Gasteiger partial charge in [-0.2, -0.15) is 0 Å². The molecule has 5 heteroatoms. The van der Waals surface area contributed by atoms with Gasteiger partial charge in [0.1, 0.15) is 5.82 Å². The van der Waals surface area contributed by atoms with Gasteiger partial charge in [-0.3, -0.25) is 9.89 Å². The van der Waals surface area contributed by atoms with Crippen LogP contribution in [0.1, 0.15) is 61.9 Å². The second-order valence-corrected chi connectivity index (χ2v) is 5.54. The molecule has 0 bridgehead atoms. The number of nitrogens with one attached hydrogen (secondary N) is 1. The zero-order chi connectivity index (χ0) is 13.1. The Hall–Kier alpha value is -1.39. The molecule has 2 rings (SSSR count). The van der Waals surface area contributed by atoms with Gasteiger partial charge in [-0.15, -0.1) is 5.10 Å². The Morgan fingerprint density at radius 2 is 2.11 bits per heavy atom. The van der Waals surface area contributed by atoms with Gasteiger partial charge in [-0.1, -0.05) is 26.7 Å². The van der Waals surface area contributed by atoms with Crippen LogP contribution in [0.5, 0.6) is 0 Å². The molecule has 0 aromatic carbocycles. The highest BCUT2D eigenvalue weighted by Gasteiger charge is 2.22. The van der Waals surface area contributed by atoms with Crippen LogP contribution in [-0.2, 0) is 0 Å². The van der Waals surface area contributed by atoms with E-state index in [1.54, 1.807) is 4.90 Å². The third-order valence-electron chi connectivity index (χ3n) is 3.59. The van der Waals surface area contributed by atoms with Crippen LogP contribution in [0, 0.1) is 5.92 Å². The summed E-state index contributed by atoms with van der Waals surface area (Å²) in [6.45, 7) is 4.87. The maximum atomic E-state index is 12.1. The number of aromatic nitrogens is 3. The van der Waals surface area contributed by atoms with E-state index in [4.69, 9.17) is 0 Å². The van der Waals surface area contributed by atoms with Crippen LogP contribution in [0.4, 0.5) is 0 Å². The largest absolute Gasteiger partial charge is 0.339 e. The molecule has 100 valence electrons. The third kappa shape index (κ3) is 2.89. The Bertz CT molecular complexity index is 407. The van der Waals surface area contributed by atoms with E-state index >= 15 is 0 Å². The van der Waals surface area contributed by atoms with Crippen LogP contribution in [0.2, 0.25) is 0 Å². The van der Waals surface area contributed by atoms with Crippen LogP contribution in [-0.4, -0.2) is 39.6 Å². The minimum absolute atomic E-state index is 0.0787. The summed E-state index contributed by atoms with van der Waals surface area (Å²) in [5.41, 5.74) is 0. The zero-order valence-corrected chi connectivity index (χ0v) is 11.4. The number of hydrogen-bond donors (Lipinski definition) is 1. The van der Waals surface area contributed by atoms with Crippen LogP contribution >= 0.6 is 0 Å². The van der Waals surface area contributed by atoms with E-state index in [0.717, 1.165) is 12.4 Å². The van der Waals surface area contributed by atoms with Gasteiger partial charge in [0, 0.05) is 19.5 Å². The maximum absolute atomic E-state index is 12.1. The summed E-state index contributed by atoms with van der Waals surface area (Å²) < 4.78 is 0. The van der Waals surface area contributed by atoms with Crippen molar-refractivity contribution in [2.24, 2.45) is 5.92 Å². The van der Waals surface area contributed by atoms with Gasteiger partial charge >= 0.3 is 0 Å². The molecule has 1 heterocycles. The number of carbonyl (C=O) groups is 1. The van der Waals surface area contributed by atoms with Crippen LogP contribution < -0.4 is 0 Å². The minimum Gasteiger partial charge on any atom is -0.339 e. The van der Waals surface area contributed by atoms with Crippen molar-refractivity contribution >= 4 is 5.91 Å². The Morgan fingerprint density at radius 3 is 2.67 bits per heavy atom. The molecule has 5 nitrogen and oxygen atoms in total. The Balaban J connectivity index is 1.96. The summed E-state index contributed by atoms with van der Waals surface area (Å²) in [7, 11) is 1.84. The lowest BCUT2D eigenvalue weighted by molar-refractivity contribution is 0.0761. The lowest BCUT2D eigenvalue weighted by Crippen LogP contribution is -2.31. The summed E-state index contributed by atoms with van der Waals surface area (Å²) in [5, 5.41) is 6.83. The van der Waals surface area contributed by atoms with Crippen molar-refractivity contribution in [3.63, 3.8) is 0 Å². The fraction of sp³-hybridized carbons (Fsp3) is 0.769. The summed E-state index contributed by atoms with van der Waals surface area (Å²) in [4.78, 5) is 18.1. The normalized spacial score (nSPS) is 16.4. The number of H-pyrrole nitrogens is 1. The maximum Gasteiger partial charge on any atom is 0.293 e. The molecule has 18 heavy (non-hydrogen) atoms. The Morgan fingerprint density at radius 1 is 1.44 bits per heavy atom. The number of carbonyl (C=O) groups excluding carboxylic acids is 1. The van der Waals surface area contributed by atoms with Crippen LogP contribution in [0.3, 0.4) is 0 Å². The van der Waals surface area contributed by atoms with Crippen molar-refractivity contribution in [2.75, 3.05) is 13.6 Å². The second kappa shape index (κ2) is 5.50. The summed E-state index contributed by atoms with van der Waals surface area (Å²) in [6.07, 6.45) is 5.07.